The monoisotopic (exact) mass is 283 g/mol. The first-order chi connectivity index (χ1) is 10.0. The second-order valence-electron chi connectivity index (χ2n) is 5.88. The summed E-state index contributed by atoms with van der Waals surface area (Å²) in [4.78, 5) is 0. The molecule has 0 aromatic heterocycles. The first-order valence-corrected chi connectivity index (χ1v) is 7.59. The molecule has 21 heavy (non-hydrogen) atoms. The number of hydrogen-bond donors (Lipinski definition) is 1. The van der Waals surface area contributed by atoms with Crippen molar-refractivity contribution in [2.45, 2.75) is 33.6 Å². The van der Waals surface area contributed by atoms with Gasteiger partial charge in [0.2, 0.25) is 0 Å². The van der Waals surface area contributed by atoms with E-state index in [9.17, 15) is 0 Å². The van der Waals surface area contributed by atoms with Gasteiger partial charge in [0.15, 0.2) is 0 Å². The molecule has 0 atom stereocenters. The highest BCUT2D eigenvalue weighted by molar-refractivity contribution is 5.45. The zero-order chi connectivity index (χ0) is 15.2. The molecule has 2 aromatic carbocycles. The average Bonchev–Trinajstić information content (AvgIpc) is 2.43. The van der Waals surface area contributed by atoms with E-state index >= 15 is 0 Å². The highest BCUT2D eigenvalue weighted by atomic mass is 16.5. The number of benzene rings is 2. The van der Waals surface area contributed by atoms with E-state index in [2.05, 4.69) is 75.5 Å². The lowest BCUT2D eigenvalue weighted by Gasteiger charge is -2.12. The topological polar surface area (TPSA) is 21.3 Å². The van der Waals surface area contributed by atoms with Gasteiger partial charge in [0.25, 0.3) is 0 Å². The van der Waals surface area contributed by atoms with Crippen LogP contribution in [0.1, 0.15) is 36.5 Å². The van der Waals surface area contributed by atoms with Crippen LogP contribution >= 0.6 is 0 Å². The van der Waals surface area contributed by atoms with Crippen LogP contribution in [-0.2, 0) is 0 Å². The molecule has 2 aromatic rings. The molecule has 112 valence electrons. The lowest BCUT2D eigenvalue weighted by molar-refractivity contribution is 0.332. The summed E-state index contributed by atoms with van der Waals surface area (Å²) in [5, 5.41) is 3.38. The summed E-state index contributed by atoms with van der Waals surface area (Å²) in [6, 6.07) is 14.8. The second kappa shape index (κ2) is 7.16. The van der Waals surface area contributed by atoms with Crippen molar-refractivity contribution in [2.75, 3.05) is 18.5 Å². The maximum atomic E-state index is 5.87. The Hall–Kier alpha value is -1.96. The first-order valence-electron chi connectivity index (χ1n) is 7.59. The lowest BCUT2D eigenvalue weighted by atomic mass is 10.0. The van der Waals surface area contributed by atoms with Crippen LogP contribution in [-0.4, -0.2) is 13.2 Å². The van der Waals surface area contributed by atoms with Crippen molar-refractivity contribution < 1.29 is 4.74 Å². The Morgan fingerprint density at radius 3 is 2.52 bits per heavy atom. The van der Waals surface area contributed by atoms with Crippen LogP contribution in [0.15, 0.2) is 42.5 Å². The fourth-order valence-corrected chi connectivity index (χ4v) is 2.31. The molecule has 2 rings (SSSR count). The minimum absolute atomic E-state index is 0.526. The molecule has 2 heteroatoms. The predicted molar refractivity (Wildman–Crippen MR) is 90.4 cm³/mol. The lowest BCUT2D eigenvalue weighted by Crippen LogP contribution is -2.11. The molecule has 0 unspecified atom stereocenters. The number of rotatable bonds is 6. The van der Waals surface area contributed by atoms with Gasteiger partial charge in [-0.25, -0.2) is 0 Å². The van der Waals surface area contributed by atoms with Crippen molar-refractivity contribution in [3.05, 3.63) is 59.2 Å². The van der Waals surface area contributed by atoms with Crippen molar-refractivity contribution in [3.63, 3.8) is 0 Å². The Morgan fingerprint density at radius 1 is 1.00 bits per heavy atom. The predicted octanol–water partition coefficient (Wildman–Crippen LogP) is 4.92. The Bertz CT molecular complexity index is 590. The third kappa shape index (κ3) is 4.82. The van der Waals surface area contributed by atoms with Gasteiger partial charge in [0, 0.05) is 12.2 Å². The fraction of sp³-hybridized carbons (Fsp3) is 0.368. The van der Waals surface area contributed by atoms with E-state index in [0.717, 1.165) is 18.0 Å². The summed E-state index contributed by atoms with van der Waals surface area (Å²) in [7, 11) is 0. The van der Waals surface area contributed by atoms with E-state index < -0.39 is 0 Å². The molecule has 0 radical (unpaired) electrons. The Balaban J connectivity index is 1.86. The molecular weight excluding hydrogens is 258 g/mol. The molecule has 0 saturated heterocycles. The third-order valence-corrected chi connectivity index (χ3v) is 3.46. The summed E-state index contributed by atoms with van der Waals surface area (Å²) < 4.78 is 5.87. The van der Waals surface area contributed by atoms with Crippen LogP contribution in [0.2, 0.25) is 0 Å². The van der Waals surface area contributed by atoms with E-state index in [0.29, 0.717) is 12.5 Å². The molecule has 0 bridgehead atoms. The Kier molecular flexibility index (Phi) is 5.26. The molecule has 0 aliphatic carbocycles. The highest BCUT2D eigenvalue weighted by Crippen LogP contribution is 2.22. The van der Waals surface area contributed by atoms with Crippen LogP contribution in [0, 0.1) is 13.8 Å². The SMILES string of the molecule is Cc1cccc(NCCOc2cc(C)cc(C(C)C)c2)c1. The van der Waals surface area contributed by atoms with Crippen LogP contribution in [0.5, 0.6) is 5.75 Å². The average molecular weight is 283 g/mol. The van der Waals surface area contributed by atoms with Crippen LogP contribution in [0.4, 0.5) is 5.69 Å². The van der Waals surface area contributed by atoms with E-state index in [1.807, 2.05) is 0 Å². The summed E-state index contributed by atoms with van der Waals surface area (Å²) in [6.45, 7) is 10.1. The number of ether oxygens (including phenoxy) is 1. The third-order valence-electron chi connectivity index (χ3n) is 3.46. The molecular formula is C19H25NO. The van der Waals surface area contributed by atoms with Crippen molar-refractivity contribution in [1.29, 1.82) is 0 Å². The molecule has 0 fully saturated rings. The van der Waals surface area contributed by atoms with E-state index in [1.54, 1.807) is 0 Å². The Labute approximate surface area is 128 Å². The number of anilines is 1. The number of hydrogen-bond acceptors (Lipinski definition) is 2. The molecule has 0 heterocycles. The van der Waals surface area contributed by atoms with Gasteiger partial charge >= 0.3 is 0 Å². The van der Waals surface area contributed by atoms with E-state index in [-0.39, 0.29) is 0 Å². The molecule has 1 N–H and O–H groups in total. The van der Waals surface area contributed by atoms with Gasteiger partial charge in [-0.05, 0) is 60.7 Å². The van der Waals surface area contributed by atoms with Crippen LogP contribution in [0.3, 0.4) is 0 Å². The van der Waals surface area contributed by atoms with Gasteiger partial charge in [0.05, 0.1) is 0 Å². The first kappa shape index (κ1) is 15.4. The van der Waals surface area contributed by atoms with E-state index in [1.165, 1.54) is 16.7 Å². The molecule has 0 spiro atoms. The summed E-state index contributed by atoms with van der Waals surface area (Å²) in [5.41, 5.74) is 4.99. The van der Waals surface area contributed by atoms with Gasteiger partial charge in [-0.15, -0.1) is 0 Å². The zero-order valence-electron chi connectivity index (χ0n) is 13.4. The normalized spacial score (nSPS) is 10.7. The number of nitrogens with one attached hydrogen (secondary N) is 1. The Morgan fingerprint density at radius 2 is 1.81 bits per heavy atom. The van der Waals surface area contributed by atoms with Crippen molar-refractivity contribution in [1.82, 2.24) is 0 Å². The van der Waals surface area contributed by atoms with Crippen molar-refractivity contribution in [3.8, 4) is 5.75 Å². The molecule has 0 aliphatic rings. The maximum absolute atomic E-state index is 5.87. The van der Waals surface area contributed by atoms with Gasteiger partial charge in [0.1, 0.15) is 12.4 Å². The van der Waals surface area contributed by atoms with Gasteiger partial charge in [-0.1, -0.05) is 32.0 Å². The van der Waals surface area contributed by atoms with Crippen LogP contribution < -0.4 is 10.1 Å². The van der Waals surface area contributed by atoms with Gasteiger partial charge in [-0.2, -0.15) is 0 Å². The van der Waals surface area contributed by atoms with Gasteiger partial charge < -0.3 is 10.1 Å². The summed E-state index contributed by atoms with van der Waals surface area (Å²) in [6.07, 6.45) is 0. The molecule has 0 aliphatic heterocycles. The summed E-state index contributed by atoms with van der Waals surface area (Å²) >= 11 is 0. The number of aryl methyl sites for hydroxylation is 2. The summed E-state index contributed by atoms with van der Waals surface area (Å²) in [5.74, 6) is 1.49. The van der Waals surface area contributed by atoms with Gasteiger partial charge in [-0.3, -0.25) is 0 Å². The molecule has 2 nitrogen and oxygen atoms in total. The van der Waals surface area contributed by atoms with Crippen molar-refractivity contribution in [2.24, 2.45) is 0 Å². The smallest absolute Gasteiger partial charge is 0.119 e. The standard InChI is InChI=1S/C19H25NO/c1-14(2)17-10-16(4)12-19(13-17)21-9-8-20-18-7-5-6-15(3)11-18/h5-7,10-14,20H,8-9H2,1-4H3. The van der Waals surface area contributed by atoms with E-state index in [4.69, 9.17) is 4.74 Å². The van der Waals surface area contributed by atoms with Crippen molar-refractivity contribution >= 4 is 5.69 Å². The minimum Gasteiger partial charge on any atom is -0.492 e. The molecule has 0 saturated carbocycles. The fourth-order valence-electron chi connectivity index (χ4n) is 2.31. The molecule has 0 amide bonds. The maximum Gasteiger partial charge on any atom is 0.119 e. The second-order valence-corrected chi connectivity index (χ2v) is 5.88. The zero-order valence-corrected chi connectivity index (χ0v) is 13.4. The minimum atomic E-state index is 0.526. The largest absolute Gasteiger partial charge is 0.492 e. The quantitative estimate of drug-likeness (QED) is 0.760. The van der Waals surface area contributed by atoms with Crippen LogP contribution in [0.25, 0.3) is 0 Å². The highest BCUT2D eigenvalue weighted by Gasteiger charge is 2.03.